The van der Waals surface area contributed by atoms with Gasteiger partial charge < -0.3 is 10.4 Å². The Balaban J connectivity index is 2.17. The second-order valence-electron chi connectivity index (χ2n) is 3.10. The summed E-state index contributed by atoms with van der Waals surface area (Å²) in [5.74, 6) is 0.349. The van der Waals surface area contributed by atoms with Crippen LogP contribution in [-0.2, 0) is 0 Å². The van der Waals surface area contributed by atoms with Gasteiger partial charge in [0.05, 0.1) is 0 Å². The predicted molar refractivity (Wildman–Crippen MR) is 59.5 cm³/mol. The van der Waals surface area contributed by atoms with Gasteiger partial charge in [-0.05, 0) is 17.3 Å². The number of tetrazole rings is 1. The first-order valence-electron chi connectivity index (χ1n) is 4.69. The first-order valence-corrected chi connectivity index (χ1v) is 4.69. The number of rotatable bonds is 3. The van der Waals surface area contributed by atoms with Crippen molar-refractivity contribution >= 4 is 11.3 Å². The number of nitrogens with zero attached hydrogens (tertiary/aromatic N) is 4. The van der Waals surface area contributed by atoms with Crippen LogP contribution >= 0.6 is 0 Å². The molecule has 0 fully saturated rings. The maximum Gasteiger partial charge on any atom is 0.216 e. The van der Waals surface area contributed by atoms with E-state index in [1.165, 1.54) is 12.3 Å². The molecule has 0 saturated carbocycles. The smallest absolute Gasteiger partial charge is 0.216 e. The second kappa shape index (κ2) is 4.76. The molecule has 0 amide bonds. The monoisotopic (exact) mass is 228 g/mol. The molecule has 0 spiro atoms. The number of aromatic amines is 1. The van der Waals surface area contributed by atoms with Gasteiger partial charge in [-0.2, -0.15) is 10.5 Å². The van der Waals surface area contributed by atoms with Crippen LogP contribution in [0.2, 0.25) is 0 Å². The van der Waals surface area contributed by atoms with E-state index in [4.69, 9.17) is 5.26 Å². The largest absolute Gasteiger partial charge is 0.508 e. The zero-order valence-corrected chi connectivity index (χ0v) is 8.62. The van der Waals surface area contributed by atoms with Crippen molar-refractivity contribution in [2.75, 3.05) is 5.32 Å². The highest BCUT2D eigenvalue weighted by molar-refractivity contribution is 5.74. The SMILES string of the molecule is N#CC(=CNc1cccc(O)c1)c1nn[nH]n1. The number of nitriles is 1. The van der Waals surface area contributed by atoms with Crippen LogP contribution in [0.1, 0.15) is 5.82 Å². The lowest BCUT2D eigenvalue weighted by Gasteiger charge is -2.01. The lowest BCUT2D eigenvalue weighted by atomic mass is 10.3. The molecule has 2 aromatic rings. The van der Waals surface area contributed by atoms with E-state index in [0.29, 0.717) is 5.69 Å². The predicted octanol–water partition coefficient (Wildman–Crippen LogP) is 0.882. The van der Waals surface area contributed by atoms with Crippen molar-refractivity contribution in [1.29, 1.82) is 5.26 Å². The summed E-state index contributed by atoms with van der Waals surface area (Å²) in [7, 11) is 0. The van der Waals surface area contributed by atoms with Crippen molar-refractivity contribution < 1.29 is 5.11 Å². The number of allylic oxidation sites excluding steroid dienone is 1. The molecule has 0 unspecified atom stereocenters. The normalized spacial score (nSPS) is 10.9. The lowest BCUT2D eigenvalue weighted by molar-refractivity contribution is 0.475. The molecule has 2 rings (SSSR count). The zero-order valence-electron chi connectivity index (χ0n) is 8.62. The van der Waals surface area contributed by atoms with Gasteiger partial charge in [0.25, 0.3) is 0 Å². The minimum absolute atomic E-state index is 0.140. The molecule has 0 aliphatic rings. The number of aromatic hydroxyl groups is 1. The molecule has 7 nitrogen and oxygen atoms in total. The van der Waals surface area contributed by atoms with E-state index in [1.54, 1.807) is 18.2 Å². The summed E-state index contributed by atoms with van der Waals surface area (Å²) in [6.07, 6.45) is 1.44. The second-order valence-corrected chi connectivity index (χ2v) is 3.10. The lowest BCUT2D eigenvalue weighted by Crippen LogP contribution is -1.92. The summed E-state index contributed by atoms with van der Waals surface area (Å²) in [6.45, 7) is 0. The highest BCUT2D eigenvalue weighted by atomic mass is 16.3. The Labute approximate surface area is 96.4 Å². The molecule has 0 atom stereocenters. The summed E-state index contributed by atoms with van der Waals surface area (Å²) in [5.41, 5.74) is 0.892. The standard InChI is InChI=1S/C10H8N6O/c11-5-7(10-13-15-16-14-10)6-12-8-2-1-3-9(17)4-8/h1-4,6,12,17H,(H,13,14,15,16). The number of phenolic OH excluding ortho intramolecular Hbond substituents is 1. The van der Waals surface area contributed by atoms with Crippen molar-refractivity contribution in [2.24, 2.45) is 0 Å². The van der Waals surface area contributed by atoms with Crippen molar-refractivity contribution in [1.82, 2.24) is 20.6 Å². The maximum absolute atomic E-state index is 9.25. The molecule has 1 heterocycles. The van der Waals surface area contributed by atoms with E-state index in [2.05, 4.69) is 25.9 Å². The average Bonchev–Trinajstić information content (AvgIpc) is 2.84. The van der Waals surface area contributed by atoms with Crippen LogP contribution in [0, 0.1) is 11.3 Å². The fraction of sp³-hybridized carbons (Fsp3) is 0. The van der Waals surface area contributed by atoms with E-state index in [1.807, 2.05) is 6.07 Å². The molecule has 0 bridgehead atoms. The topological polar surface area (TPSA) is 111 Å². The highest BCUT2D eigenvalue weighted by Crippen LogP contribution is 2.16. The van der Waals surface area contributed by atoms with E-state index in [9.17, 15) is 5.11 Å². The number of nitrogens with one attached hydrogen (secondary N) is 2. The quantitative estimate of drug-likeness (QED) is 0.672. The third-order valence-electron chi connectivity index (χ3n) is 1.94. The molecule has 0 radical (unpaired) electrons. The molecule has 84 valence electrons. The van der Waals surface area contributed by atoms with Crippen LogP contribution in [0.4, 0.5) is 5.69 Å². The number of aromatic nitrogens is 4. The van der Waals surface area contributed by atoms with Crippen LogP contribution in [0.5, 0.6) is 5.75 Å². The number of H-pyrrole nitrogens is 1. The van der Waals surface area contributed by atoms with Gasteiger partial charge in [-0.25, -0.2) is 0 Å². The fourth-order valence-corrected chi connectivity index (χ4v) is 1.17. The molecule has 7 heteroatoms. The molecule has 1 aromatic heterocycles. The third kappa shape index (κ3) is 2.57. The number of benzene rings is 1. The molecule has 3 N–H and O–H groups in total. The number of phenols is 1. The Morgan fingerprint density at radius 2 is 2.41 bits per heavy atom. The van der Waals surface area contributed by atoms with E-state index < -0.39 is 0 Å². The molecular formula is C10H8N6O. The molecular weight excluding hydrogens is 220 g/mol. The molecule has 0 aliphatic carbocycles. The van der Waals surface area contributed by atoms with Crippen molar-refractivity contribution in [3.63, 3.8) is 0 Å². The van der Waals surface area contributed by atoms with Crippen LogP contribution in [0.15, 0.2) is 30.5 Å². The first-order chi connectivity index (χ1) is 8.29. The summed E-state index contributed by atoms with van der Waals surface area (Å²) < 4.78 is 0. The molecule has 17 heavy (non-hydrogen) atoms. The van der Waals surface area contributed by atoms with E-state index >= 15 is 0 Å². The number of hydrogen-bond acceptors (Lipinski definition) is 6. The first kappa shape index (κ1) is 10.6. The number of anilines is 1. The Hall–Kier alpha value is -2.88. The number of hydrogen-bond donors (Lipinski definition) is 3. The van der Waals surface area contributed by atoms with Crippen molar-refractivity contribution in [3.05, 3.63) is 36.3 Å². The molecule has 0 aliphatic heterocycles. The third-order valence-corrected chi connectivity index (χ3v) is 1.94. The Morgan fingerprint density at radius 3 is 3.06 bits per heavy atom. The zero-order chi connectivity index (χ0) is 12.1. The van der Waals surface area contributed by atoms with E-state index in [0.717, 1.165) is 0 Å². The summed E-state index contributed by atoms with van der Waals surface area (Å²) >= 11 is 0. The van der Waals surface area contributed by atoms with Gasteiger partial charge in [-0.1, -0.05) is 6.07 Å². The molecule has 0 saturated heterocycles. The minimum Gasteiger partial charge on any atom is -0.508 e. The maximum atomic E-state index is 9.25. The fourth-order valence-electron chi connectivity index (χ4n) is 1.17. The van der Waals surface area contributed by atoms with Crippen molar-refractivity contribution in [3.8, 4) is 11.8 Å². The van der Waals surface area contributed by atoms with Crippen LogP contribution in [0.25, 0.3) is 5.57 Å². The summed E-state index contributed by atoms with van der Waals surface area (Å²) in [6, 6.07) is 8.46. The van der Waals surface area contributed by atoms with Crippen molar-refractivity contribution in [2.45, 2.75) is 0 Å². The van der Waals surface area contributed by atoms with Gasteiger partial charge in [0.15, 0.2) is 0 Å². The molecule has 1 aromatic carbocycles. The Kier molecular flexibility index (Phi) is 2.98. The van der Waals surface area contributed by atoms with Crippen LogP contribution in [0.3, 0.4) is 0 Å². The Bertz CT molecular complexity index is 569. The van der Waals surface area contributed by atoms with Gasteiger partial charge >= 0.3 is 0 Å². The Morgan fingerprint density at radius 1 is 1.53 bits per heavy atom. The van der Waals surface area contributed by atoms with Gasteiger partial charge in [-0.15, -0.1) is 10.2 Å². The van der Waals surface area contributed by atoms with Crippen LogP contribution < -0.4 is 5.32 Å². The average molecular weight is 228 g/mol. The minimum atomic E-state index is 0.140. The van der Waals surface area contributed by atoms with Gasteiger partial charge in [0.2, 0.25) is 5.82 Å². The summed E-state index contributed by atoms with van der Waals surface area (Å²) in [4.78, 5) is 0. The van der Waals surface area contributed by atoms with Gasteiger partial charge in [0.1, 0.15) is 17.4 Å². The van der Waals surface area contributed by atoms with Gasteiger partial charge in [0, 0.05) is 18.0 Å². The van der Waals surface area contributed by atoms with Gasteiger partial charge in [-0.3, -0.25) is 0 Å². The summed E-state index contributed by atoms with van der Waals surface area (Å²) in [5, 5.41) is 34.0. The van der Waals surface area contributed by atoms with Crippen LogP contribution in [-0.4, -0.2) is 25.7 Å². The highest BCUT2D eigenvalue weighted by Gasteiger charge is 2.04. The van der Waals surface area contributed by atoms with E-state index in [-0.39, 0.29) is 17.1 Å².